The number of hydrogen-bond acceptors (Lipinski definition) is 3. The molecule has 144 valence electrons. The van der Waals surface area contributed by atoms with Gasteiger partial charge in [0, 0.05) is 35.5 Å². The molecule has 1 aliphatic carbocycles. The van der Waals surface area contributed by atoms with Crippen LogP contribution in [0.25, 0.3) is 10.9 Å². The zero-order chi connectivity index (χ0) is 19.8. The number of nitrogens with one attached hydrogen (secondary N) is 1. The van der Waals surface area contributed by atoms with Crippen LogP contribution in [0.4, 0.5) is 11.5 Å². The fraction of sp³-hybridized carbons (Fsp3) is 0.200. The van der Waals surface area contributed by atoms with Gasteiger partial charge < -0.3 is 9.88 Å². The normalized spacial score (nSPS) is 13.6. The second-order valence-corrected chi connectivity index (χ2v) is 7.87. The number of carbonyl (C=O) groups excluding carboxylic acids is 1. The number of fused-ring (bicyclic) bond motifs is 1. The second-order valence-electron chi connectivity index (χ2n) is 7.87. The molecule has 2 aromatic carbocycles. The lowest BCUT2D eigenvalue weighted by Crippen LogP contribution is -2.01. The molecule has 2 aromatic heterocycles. The highest BCUT2D eigenvalue weighted by Crippen LogP contribution is 2.40. The molecule has 0 bridgehead atoms. The van der Waals surface area contributed by atoms with Gasteiger partial charge in [0.15, 0.2) is 6.29 Å². The van der Waals surface area contributed by atoms with Crippen molar-refractivity contribution in [1.82, 2.24) is 9.55 Å². The highest BCUT2D eigenvalue weighted by atomic mass is 16.1. The SMILES string of the molecule is Cc1ccccc1Cn1ccc2cc(Nc3ncc(C4CC4)cc3C=O)ccc21. The first-order valence-corrected chi connectivity index (χ1v) is 10.1. The number of aromatic nitrogens is 2. The third-order valence-corrected chi connectivity index (χ3v) is 5.75. The second kappa shape index (κ2) is 7.21. The number of nitrogens with zero attached hydrogens (tertiary/aromatic N) is 2. The first-order chi connectivity index (χ1) is 14.2. The van der Waals surface area contributed by atoms with Crippen molar-refractivity contribution in [3.8, 4) is 0 Å². The Morgan fingerprint density at radius 2 is 2.00 bits per heavy atom. The van der Waals surface area contributed by atoms with Crippen molar-refractivity contribution in [3.63, 3.8) is 0 Å². The fourth-order valence-electron chi connectivity index (χ4n) is 3.86. The van der Waals surface area contributed by atoms with E-state index in [4.69, 9.17) is 0 Å². The Morgan fingerprint density at radius 3 is 2.79 bits per heavy atom. The lowest BCUT2D eigenvalue weighted by Gasteiger charge is -2.11. The quantitative estimate of drug-likeness (QED) is 0.428. The van der Waals surface area contributed by atoms with E-state index in [0.29, 0.717) is 17.3 Å². The van der Waals surface area contributed by atoms with E-state index in [1.807, 2.05) is 18.3 Å². The molecule has 0 saturated heterocycles. The summed E-state index contributed by atoms with van der Waals surface area (Å²) in [5.41, 5.74) is 6.53. The molecule has 2 heterocycles. The van der Waals surface area contributed by atoms with Gasteiger partial charge in [-0.25, -0.2) is 4.98 Å². The minimum atomic E-state index is 0.583. The summed E-state index contributed by atoms with van der Waals surface area (Å²) in [6.07, 6.45) is 7.30. The van der Waals surface area contributed by atoms with Crippen LogP contribution in [-0.4, -0.2) is 15.8 Å². The molecule has 0 amide bonds. The summed E-state index contributed by atoms with van der Waals surface area (Å²) in [7, 11) is 0. The van der Waals surface area contributed by atoms with Gasteiger partial charge in [-0.2, -0.15) is 0 Å². The van der Waals surface area contributed by atoms with Crippen molar-refractivity contribution >= 4 is 28.7 Å². The van der Waals surface area contributed by atoms with Crippen LogP contribution in [0.3, 0.4) is 0 Å². The Labute approximate surface area is 170 Å². The number of anilines is 2. The fourth-order valence-corrected chi connectivity index (χ4v) is 3.86. The number of carbonyl (C=O) groups is 1. The number of aldehydes is 1. The van der Waals surface area contributed by atoms with Gasteiger partial charge in [0.25, 0.3) is 0 Å². The number of aryl methyl sites for hydroxylation is 1. The van der Waals surface area contributed by atoms with Crippen LogP contribution in [-0.2, 0) is 6.54 Å². The highest BCUT2D eigenvalue weighted by molar-refractivity contribution is 5.88. The van der Waals surface area contributed by atoms with Crippen molar-refractivity contribution in [2.75, 3.05) is 5.32 Å². The molecule has 5 rings (SSSR count). The Balaban J connectivity index is 1.41. The average molecular weight is 381 g/mol. The van der Waals surface area contributed by atoms with Crippen LogP contribution in [0, 0.1) is 6.92 Å². The number of hydrogen-bond donors (Lipinski definition) is 1. The number of rotatable bonds is 6. The number of benzene rings is 2. The zero-order valence-electron chi connectivity index (χ0n) is 16.4. The Kier molecular flexibility index (Phi) is 4.39. The van der Waals surface area contributed by atoms with E-state index in [2.05, 4.69) is 70.5 Å². The van der Waals surface area contributed by atoms with Crippen LogP contribution >= 0.6 is 0 Å². The molecule has 1 saturated carbocycles. The van der Waals surface area contributed by atoms with Crippen LogP contribution < -0.4 is 5.32 Å². The Hall–Kier alpha value is -3.40. The van der Waals surface area contributed by atoms with Gasteiger partial charge in [-0.05, 0) is 72.7 Å². The van der Waals surface area contributed by atoms with Gasteiger partial charge in [0.2, 0.25) is 0 Å². The lowest BCUT2D eigenvalue weighted by molar-refractivity contribution is 0.112. The summed E-state index contributed by atoms with van der Waals surface area (Å²) in [6, 6.07) is 18.8. The molecular formula is C25H23N3O. The third-order valence-electron chi connectivity index (χ3n) is 5.75. The molecule has 1 aliphatic rings. The molecule has 4 nitrogen and oxygen atoms in total. The van der Waals surface area contributed by atoms with E-state index in [1.165, 1.54) is 35.0 Å². The average Bonchev–Trinajstić information content (AvgIpc) is 3.52. The minimum absolute atomic E-state index is 0.583. The van der Waals surface area contributed by atoms with Gasteiger partial charge >= 0.3 is 0 Å². The summed E-state index contributed by atoms with van der Waals surface area (Å²) in [5, 5.41) is 4.48. The van der Waals surface area contributed by atoms with E-state index in [-0.39, 0.29) is 0 Å². The van der Waals surface area contributed by atoms with Crippen LogP contribution in [0.2, 0.25) is 0 Å². The maximum absolute atomic E-state index is 11.5. The van der Waals surface area contributed by atoms with Gasteiger partial charge in [-0.15, -0.1) is 0 Å². The van der Waals surface area contributed by atoms with E-state index < -0.39 is 0 Å². The first kappa shape index (κ1) is 17.7. The van der Waals surface area contributed by atoms with E-state index in [0.717, 1.165) is 23.9 Å². The largest absolute Gasteiger partial charge is 0.343 e. The molecule has 0 spiro atoms. The molecular weight excluding hydrogens is 358 g/mol. The highest BCUT2D eigenvalue weighted by Gasteiger charge is 2.24. The van der Waals surface area contributed by atoms with Crippen molar-refractivity contribution in [2.24, 2.45) is 0 Å². The molecule has 0 aliphatic heterocycles. The molecule has 0 unspecified atom stereocenters. The molecule has 4 heteroatoms. The lowest BCUT2D eigenvalue weighted by atomic mass is 10.1. The topological polar surface area (TPSA) is 46.9 Å². The van der Waals surface area contributed by atoms with Crippen molar-refractivity contribution in [1.29, 1.82) is 0 Å². The Bertz CT molecular complexity index is 1200. The Morgan fingerprint density at radius 1 is 1.14 bits per heavy atom. The maximum atomic E-state index is 11.5. The number of pyridine rings is 1. The zero-order valence-corrected chi connectivity index (χ0v) is 16.4. The maximum Gasteiger partial charge on any atom is 0.153 e. The molecule has 1 N–H and O–H groups in total. The van der Waals surface area contributed by atoms with Crippen LogP contribution in [0.1, 0.15) is 45.8 Å². The van der Waals surface area contributed by atoms with Crippen LogP contribution in [0.15, 0.2) is 67.0 Å². The molecule has 4 aromatic rings. The van der Waals surface area contributed by atoms with Crippen molar-refractivity contribution in [2.45, 2.75) is 32.2 Å². The third kappa shape index (κ3) is 3.54. The minimum Gasteiger partial charge on any atom is -0.343 e. The summed E-state index contributed by atoms with van der Waals surface area (Å²) >= 11 is 0. The van der Waals surface area contributed by atoms with Gasteiger partial charge in [0.05, 0.1) is 5.56 Å². The predicted molar refractivity (Wildman–Crippen MR) is 117 cm³/mol. The van der Waals surface area contributed by atoms with E-state index >= 15 is 0 Å². The van der Waals surface area contributed by atoms with Gasteiger partial charge in [0.1, 0.15) is 5.82 Å². The summed E-state index contributed by atoms with van der Waals surface area (Å²) < 4.78 is 2.26. The standard InChI is InChI=1S/C25H23N3O/c1-17-4-2-3-5-20(17)15-28-11-10-19-13-23(8-9-24(19)28)27-25-22(16-29)12-21(14-26-25)18-6-7-18/h2-5,8-14,16,18H,6-7,15H2,1H3,(H,26,27). The van der Waals surface area contributed by atoms with Gasteiger partial charge in [-0.3, -0.25) is 4.79 Å². The molecule has 0 atom stereocenters. The predicted octanol–water partition coefficient (Wildman–Crippen LogP) is 5.83. The summed E-state index contributed by atoms with van der Waals surface area (Å²) in [5.74, 6) is 1.20. The van der Waals surface area contributed by atoms with E-state index in [9.17, 15) is 4.79 Å². The molecule has 0 radical (unpaired) electrons. The van der Waals surface area contributed by atoms with Crippen molar-refractivity contribution < 1.29 is 4.79 Å². The molecule has 29 heavy (non-hydrogen) atoms. The van der Waals surface area contributed by atoms with Crippen molar-refractivity contribution in [3.05, 3.63) is 89.2 Å². The van der Waals surface area contributed by atoms with Gasteiger partial charge in [-0.1, -0.05) is 24.3 Å². The first-order valence-electron chi connectivity index (χ1n) is 10.1. The summed E-state index contributed by atoms with van der Waals surface area (Å²) in [6.45, 7) is 3.00. The monoisotopic (exact) mass is 381 g/mol. The molecule has 1 fully saturated rings. The smallest absolute Gasteiger partial charge is 0.153 e. The summed E-state index contributed by atoms with van der Waals surface area (Å²) in [4.78, 5) is 16.1. The van der Waals surface area contributed by atoms with Crippen LogP contribution in [0.5, 0.6) is 0 Å². The van der Waals surface area contributed by atoms with E-state index in [1.54, 1.807) is 0 Å².